The predicted molar refractivity (Wildman–Crippen MR) is 88.2 cm³/mol. The van der Waals surface area contributed by atoms with Gasteiger partial charge >= 0.3 is 5.97 Å². The first-order chi connectivity index (χ1) is 9.79. The number of benzene rings is 1. The number of rotatable bonds is 3. The average Bonchev–Trinajstić information content (AvgIpc) is 2.76. The molecule has 6 heteroatoms. The van der Waals surface area contributed by atoms with E-state index in [-0.39, 0.29) is 11.8 Å². The molecule has 2 rings (SSSR count). The molecular weight excluding hydrogens is 402 g/mol. The van der Waals surface area contributed by atoms with Gasteiger partial charge in [0.25, 0.3) is 0 Å². The number of hydrogen-bond donors (Lipinski definition) is 2. The SMILES string of the molecule is Cc1cc(Br)c(NC(=O)[C@H]2CC(C)C[C@H]2C(=O)O)c(Br)c1. The highest BCUT2D eigenvalue weighted by Gasteiger charge is 2.41. The highest BCUT2D eigenvalue weighted by atomic mass is 79.9. The van der Waals surface area contributed by atoms with Crippen LogP contribution in [0.1, 0.15) is 25.3 Å². The van der Waals surface area contributed by atoms with Crippen LogP contribution in [0, 0.1) is 24.7 Å². The van der Waals surface area contributed by atoms with E-state index in [0.29, 0.717) is 18.5 Å². The first-order valence-electron chi connectivity index (χ1n) is 6.79. The minimum atomic E-state index is -0.887. The van der Waals surface area contributed by atoms with Crippen LogP contribution in [0.2, 0.25) is 0 Å². The standard InChI is InChI=1S/C15H17Br2NO3/c1-7-3-9(10(4-7)15(20)21)14(19)18-13-11(16)5-8(2)6-12(13)17/h5-7,9-10H,3-4H2,1-2H3,(H,18,19)(H,20,21)/t7?,9-,10+/m0/s1. The third-order valence-corrected chi connectivity index (χ3v) is 5.14. The zero-order chi connectivity index (χ0) is 15.7. The molecule has 3 atom stereocenters. The smallest absolute Gasteiger partial charge is 0.307 e. The molecule has 4 nitrogen and oxygen atoms in total. The molecule has 114 valence electrons. The van der Waals surface area contributed by atoms with Crippen LogP contribution in [-0.2, 0) is 9.59 Å². The fourth-order valence-corrected chi connectivity index (χ4v) is 4.50. The lowest BCUT2D eigenvalue weighted by Crippen LogP contribution is -2.30. The Labute approximate surface area is 140 Å². The lowest BCUT2D eigenvalue weighted by atomic mass is 9.95. The van der Waals surface area contributed by atoms with Crippen LogP contribution >= 0.6 is 31.9 Å². The van der Waals surface area contributed by atoms with Gasteiger partial charge in [-0.05, 0) is 75.2 Å². The molecule has 0 spiro atoms. The lowest BCUT2D eigenvalue weighted by Gasteiger charge is -2.17. The molecule has 0 bridgehead atoms. The van der Waals surface area contributed by atoms with Gasteiger partial charge in [-0.25, -0.2) is 0 Å². The highest BCUT2D eigenvalue weighted by Crippen LogP contribution is 2.39. The second kappa shape index (κ2) is 6.48. The summed E-state index contributed by atoms with van der Waals surface area (Å²) in [5, 5.41) is 12.1. The molecule has 21 heavy (non-hydrogen) atoms. The van der Waals surface area contributed by atoms with Crippen molar-refractivity contribution in [1.82, 2.24) is 0 Å². The van der Waals surface area contributed by atoms with E-state index in [1.165, 1.54) is 0 Å². The van der Waals surface area contributed by atoms with Crippen molar-refractivity contribution in [1.29, 1.82) is 0 Å². The number of carboxylic acids is 1. The van der Waals surface area contributed by atoms with Gasteiger partial charge in [0.05, 0.1) is 17.5 Å². The van der Waals surface area contributed by atoms with Gasteiger partial charge in [-0.1, -0.05) is 6.92 Å². The highest BCUT2D eigenvalue weighted by molar-refractivity contribution is 9.11. The summed E-state index contributed by atoms with van der Waals surface area (Å²) < 4.78 is 1.56. The Morgan fingerprint density at radius 3 is 2.24 bits per heavy atom. The number of carbonyl (C=O) groups is 2. The topological polar surface area (TPSA) is 66.4 Å². The Kier molecular flexibility index (Phi) is 5.09. The van der Waals surface area contributed by atoms with Gasteiger partial charge in [0.1, 0.15) is 0 Å². The van der Waals surface area contributed by atoms with Crippen LogP contribution in [0.4, 0.5) is 5.69 Å². The van der Waals surface area contributed by atoms with Crippen LogP contribution in [0.5, 0.6) is 0 Å². The molecule has 2 N–H and O–H groups in total. The molecule has 1 fully saturated rings. The van der Waals surface area contributed by atoms with Gasteiger partial charge < -0.3 is 10.4 Å². The summed E-state index contributed by atoms with van der Waals surface area (Å²) in [5.74, 6) is -1.93. The van der Waals surface area contributed by atoms with Gasteiger partial charge in [0.2, 0.25) is 5.91 Å². The predicted octanol–water partition coefficient (Wildman–Crippen LogP) is 4.21. The monoisotopic (exact) mass is 417 g/mol. The van der Waals surface area contributed by atoms with Crippen LogP contribution in [-0.4, -0.2) is 17.0 Å². The molecule has 0 aromatic heterocycles. The van der Waals surface area contributed by atoms with E-state index in [0.717, 1.165) is 14.5 Å². The minimum absolute atomic E-state index is 0.225. The molecule has 0 heterocycles. The summed E-state index contributed by atoms with van der Waals surface area (Å²) >= 11 is 6.86. The van der Waals surface area contributed by atoms with Crippen molar-refractivity contribution in [2.45, 2.75) is 26.7 Å². The molecule has 1 saturated carbocycles. The van der Waals surface area contributed by atoms with Gasteiger partial charge in [0.15, 0.2) is 0 Å². The quantitative estimate of drug-likeness (QED) is 0.772. The summed E-state index contributed by atoms with van der Waals surface area (Å²) in [6, 6.07) is 3.82. The molecule has 0 saturated heterocycles. The maximum Gasteiger partial charge on any atom is 0.307 e. The van der Waals surface area contributed by atoms with Crippen molar-refractivity contribution in [3.8, 4) is 0 Å². The van der Waals surface area contributed by atoms with Crippen LogP contribution in [0.25, 0.3) is 0 Å². The molecule has 0 radical (unpaired) electrons. The molecule has 1 aliphatic rings. The van der Waals surface area contributed by atoms with Crippen molar-refractivity contribution in [3.05, 3.63) is 26.6 Å². The second-order valence-electron chi connectivity index (χ2n) is 5.72. The molecule has 1 aromatic carbocycles. The first kappa shape index (κ1) is 16.5. The number of aryl methyl sites for hydroxylation is 1. The lowest BCUT2D eigenvalue weighted by molar-refractivity contribution is -0.145. The number of halogens is 2. The van der Waals surface area contributed by atoms with Crippen LogP contribution < -0.4 is 5.32 Å². The van der Waals surface area contributed by atoms with E-state index < -0.39 is 17.8 Å². The zero-order valence-electron chi connectivity index (χ0n) is 11.8. The summed E-state index contributed by atoms with van der Waals surface area (Å²) in [5.41, 5.74) is 1.71. The number of nitrogens with one attached hydrogen (secondary N) is 1. The largest absolute Gasteiger partial charge is 0.481 e. The Morgan fingerprint density at radius 2 is 1.71 bits per heavy atom. The van der Waals surface area contributed by atoms with Gasteiger partial charge in [-0.15, -0.1) is 0 Å². The number of carboxylic acid groups (broad SMARTS) is 1. The zero-order valence-corrected chi connectivity index (χ0v) is 15.0. The number of anilines is 1. The van der Waals surface area contributed by atoms with Crippen molar-refractivity contribution >= 4 is 49.4 Å². The van der Waals surface area contributed by atoms with Crippen molar-refractivity contribution < 1.29 is 14.7 Å². The normalized spacial score (nSPS) is 24.9. The Balaban J connectivity index is 2.20. The number of carbonyl (C=O) groups excluding carboxylic acids is 1. The fraction of sp³-hybridized carbons (Fsp3) is 0.467. The Hall–Kier alpha value is -0.880. The third kappa shape index (κ3) is 3.66. The van der Waals surface area contributed by atoms with E-state index in [4.69, 9.17) is 0 Å². The minimum Gasteiger partial charge on any atom is -0.481 e. The molecule has 1 amide bonds. The van der Waals surface area contributed by atoms with E-state index in [9.17, 15) is 14.7 Å². The molecule has 0 aliphatic heterocycles. The van der Waals surface area contributed by atoms with Gasteiger partial charge in [-0.2, -0.15) is 0 Å². The molecule has 1 unspecified atom stereocenters. The Morgan fingerprint density at radius 1 is 1.19 bits per heavy atom. The number of aliphatic carboxylic acids is 1. The summed E-state index contributed by atoms with van der Waals surface area (Å²) in [4.78, 5) is 23.7. The number of amides is 1. The van der Waals surface area contributed by atoms with E-state index in [2.05, 4.69) is 37.2 Å². The van der Waals surface area contributed by atoms with Gasteiger partial charge in [-0.3, -0.25) is 9.59 Å². The van der Waals surface area contributed by atoms with Crippen LogP contribution in [0.15, 0.2) is 21.1 Å². The molecular formula is C15H17Br2NO3. The Bertz CT molecular complexity index is 565. The maximum atomic E-state index is 12.4. The molecule has 1 aliphatic carbocycles. The number of hydrogen-bond acceptors (Lipinski definition) is 2. The first-order valence-corrected chi connectivity index (χ1v) is 8.37. The van der Waals surface area contributed by atoms with E-state index in [1.54, 1.807) is 0 Å². The third-order valence-electron chi connectivity index (χ3n) is 3.89. The fourth-order valence-electron chi connectivity index (χ4n) is 2.89. The summed E-state index contributed by atoms with van der Waals surface area (Å²) in [6.45, 7) is 3.95. The maximum absolute atomic E-state index is 12.4. The van der Waals surface area contributed by atoms with Crippen molar-refractivity contribution in [2.75, 3.05) is 5.32 Å². The van der Waals surface area contributed by atoms with E-state index in [1.807, 2.05) is 26.0 Å². The summed E-state index contributed by atoms with van der Waals surface area (Å²) in [6.07, 6.45) is 1.17. The van der Waals surface area contributed by atoms with E-state index >= 15 is 0 Å². The molecule has 1 aromatic rings. The van der Waals surface area contributed by atoms with Crippen LogP contribution in [0.3, 0.4) is 0 Å². The van der Waals surface area contributed by atoms with Crippen molar-refractivity contribution in [2.24, 2.45) is 17.8 Å². The summed E-state index contributed by atoms with van der Waals surface area (Å²) in [7, 11) is 0. The second-order valence-corrected chi connectivity index (χ2v) is 7.43. The van der Waals surface area contributed by atoms with Gasteiger partial charge in [0, 0.05) is 8.95 Å². The van der Waals surface area contributed by atoms with Crippen molar-refractivity contribution in [3.63, 3.8) is 0 Å². The average molecular weight is 419 g/mol.